The zero-order valence-electron chi connectivity index (χ0n) is 12.9. The molecule has 2 aromatic rings. The average molecular weight is 455 g/mol. The lowest BCUT2D eigenvalue weighted by atomic mass is 10.2. The molecule has 0 aliphatic heterocycles. The number of hydrogen-bond donors (Lipinski definition) is 3. The molecule has 0 unspecified atom stereocenters. The zero-order chi connectivity index (χ0) is 19.3. The third-order valence-electron chi connectivity index (χ3n) is 3.09. The van der Waals surface area contributed by atoms with E-state index in [-0.39, 0.29) is 10.7 Å². The van der Waals surface area contributed by atoms with Gasteiger partial charge in [0.2, 0.25) is 3.79 Å². The maximum atomic E-state index is 13.0. The Balaban J connectivity index is 2.04. The Hall–Kier alpha value is -1.31. The third-order valence-corrected chi connectivity index (χ3v) is 4.21. The Kier molecular flexibility index (Phi) is 7.32. The van der Waals surface area contributed by atoms with Gasteiger partial charge in [-0.15, -0.1) is 0 Å². The molecular formula is C16H12Cl4FN3OS. The summed E-state index contributed by atoms with van der Waals surface area (Å²) in [5.74, 6) is -1.03. The monoisotopic (exact) mass is 453 g/mol. The average Bonchev–Trinajstić information content (AvgIpc) is 2.56. The van der Waals surface area contributed by atoms with Gasteiger partial charge in [0, 0.05) is 16.3 Å². The number of halogens is 5. The molecule has 0 aliphatic rings. The number of carbonyl (C=O) groups excluding carboxylic acids is 1. The molecule has 4 nitrogen and oxygen atoms in total. The van der Waals surface area contributed by atoms with E-state index in [2.05, 4.69) is 16.0 Å². The number of benzene rings is 2. The van der Waals surface area contributed by atoms with Crippen molar-refractivity contribution >= 4 is 75.3 Å². The van der Waals surface area contributed by atoms with E-state index >= 15 is 0 Å². The van der Waals surface area contributed by atoms with Gasteiger partial charge in [-0.1, -0.05) is 46.4 Å². The third kappa shape index (κ3) is 6.45. The van der Waals surface area contributed by atoms with Crippen molar-refractivity contribution < 1.29 is 9.18 Å². The first kappa shape index (κ1) is 21.0. The second-order valence-electron chi connectivity index (χ2n) is 5.06. The molecular weight excluding hydrogens is 443 g/mol. The molecule has 0 radical (unpaired) electrons. The number of amides is 1. The summed E-state index contributed by atoms with van der Waals surface area (Å²) < 4.78 is 11.1. The van der Waals surface area contributed by atoms with Gasteiger partial charge in [0.1, 0.15) is 12.0 Å². The van der Waals surface area contributed by atoms with Crippen molar-refractivity contribution in [2.24, 2.45) is 0 Å². The number of carbonyl (C=O) groups is 1. The molecule has 1 atom stereocenters. The van der Waals surface area contributed by atoms with Crippen LogP contribution in [0.25, 0.3) is 0 Å². The summed E-state index contributed by atoms with van der Waals surface area (Å²) in [4.78, 5) is 12.3. The minimum atomic E-state index is -1.90. The van der Waals surface area contributed by atoms with Gasteiger partial charge in [0.25, 0.3) is 5.91 Å². The molecule has 2 rings (SSSR count). The van der Waals surface area contributed by atoms with Crippen LogP contribution >= 0.6 is 58.6 Å². The van der Waals surface area contributed by atoms with Crippen LogP contribution in [-0.4, -0.2) is 21.0 Å². The number of anilines is 1. The molecule has 26 heavy (non-hydrogen) atoms. The van der Waals surface area contributed by atoms with Crippen LogP contribution in [0.5, 0.6) is 0 Å². The molecule has 3 N–H and O–H groups in total. The molecule has 0 aromatic heterocycles. The molecule has 2 aromatic carbocycles. The SMILES string of the molecule is O=C(N[C@@H](NC(=S)Nc1ccc(Cl)cc1)C(Cl)(Cl)Cl)c1ccc(F)cc1. The number of rotatable bonds is 4. The van der Waals surface area contributed by atoms with Gasteiger partial charge in [-0.2, -0.15) is 0 Å². The lowest BCUT2D eigenvalue weighted by Crippen LogP contribution is -2.56. The molecule has 0 saturated heterocycles. The quantitative estimate of drug-likeness (QED) is 0.349. The first-order chi connectivity index (χ1) is 12.1. The maximum Gasteiger partial charge on any atom is 0.252 e. The highest BCUT2D eigenvalue weighted by atomic mass is 35.6. The number of nitrogens with one attached hydrogen (secondary N) is 3. The van der Waals surface area contributed by atoms with Crippen molar-refractivity contribution in [3.8, 4) is 0 Å². The molecule has 0 aliphatic carbocycles. The van der Waals surface area contributed by atoms with Crippen LogP contribution in [0.2, 0.25) is 5.02 Å². The lowest BCUT2D eigenvalue weighted by molar-refractivity contribution is 0.0934. The summed E-state index contributed by atoms with van der Waals surface area (Å²) in [5.41, 5.74) is 0.851. The fourth-order valence-electron chi connectivity index (χ4n) is 1.85. The summed E-state index contributed by atoms with van der Waals surface area (Å²) in [5, 5.41) is 8.78. The Morgan fingerprint density at radius 2 is 1.58 bits per heavy atom. The molecule has 0 fully saturated rings. The summed E-state index contributed by atoms with van der Waals surface area (Å²) >= 11 is 28.7. The van der Waals surface area contributed by atoms with E-state index < -0.39 is 21.7 Å². The summed E-state index contributed by atoms with van der Waals surface area (Å²) in [7, 11) is 0. The Morgan fingerprint density at radius 1 is 1.00 bits per heavy atom. The standard InChI is InChI=1S/C16H12Cl4FN3OS/c17-10-3-7-12(8-4-10)22-15(26)24-14(16(18,19)20)23-13(25)9-1-5-11(21)6-2-9/h1-8,14H,(H,23,25)(H2,22,24,26)/t14-/m0/s1. The number of thiocarbonyl (C=S) groups is 1. The van der Waals surface area contributed by atoms with Gasteiger partial charge in [-0.3, -0.25) is 4.79 Å². The highest BCUT2D eigenvalue weighted by molar-refractivity contribution is 7.80. The molecule has 10 heteroatoms. The first-order valence-electron chi connectivity index (χ1n) is 7.11. The predicted molar refractivity (Wildman–Crippen MR) is 109 cm³/mol. The van der Waals surface area contributed by atoms with Crippen LogP contribution in [0.4, 0.5) is 10.1 Å². The Bertz CT molecular complexity index is 782. The van der Waals surface area contributed by atoms with Crippen LogP contribution in [-0.2, 0) is 0 Å². The Morgan fingerprint density at radius 3 is 2.12 bits per heavy atom. The van der Waals surface area contributed by atoms with E-state index in [1.807, 2.05) is 0 Å². The van der Waals surface area contributed by atoms with E-state index in [1.165, 1.54) is 12.1 Å². The van der Waals surface area contributed by atoms with E-state index in [9.17, 15) is 9.18 Å². The van der Waals surface area contributed by atoms with Gasteiger partial charge in [-0.05, 0) is 60.7 Å². The van der Waals surface area contributed by atoms with Gasteiger partial charge >= 0.3 is 0 Å². The number of alkyl halides is 3. The smallest absolute Gasteiger partial charge is 0.252 e. The fraction of sp³-hybridized carbons (Fsp3) is 0.125. The summed E-state index contributed by atoms with van der Waals surface area (Å²) in [6, 6.07) is 11.7. The minimum Gasteiger partial charge on any atom is -0.339 e. The van der Waals surface area contributed by atoms with E-state index in [1.54, 1.807) is 24.3 Å². The van der Waals surface area contributed by atoms with Crippen molar-refractivity contribution in [3.05, 3.63) is 64.9 Å². The maximum absolute atomic E-state index is 13.0. The van der Waals surface area contributed by atoms with Crippen LogP contribution in [0, 0.1) is 5.82 Å². The van der Waals surface area contributed by atoms with Crippen molar-refractivity contribution in [1.29, 1.82) is 0 Å². The van der Waals surface area contributed by atoms with Gasteiger partial charge in [0.05, 0.1) is 0 Å². The van der Waals surface area contributed by atoms with Crippen LogP contribution < -0.4 is 16.0 Å². The summed E-state index contributed by atoms with van der Waals surface area (Å²) in [6.45, 7) is 0. The van der Waals surface area contributed by atoms with Gasteiger partial charge in [-0.25, -0.2) is 4.39 Å². The molecule has 0 heterocycles. The van der Waals surface area contributed by atoms with Crippen LogP contribution in [0.15, 0.2) is 48.5 Å². The second-order valence-corrected chi connectivity index (χ2v) is 8.27. The van der Waals surface area contributed by atoms with Gasteiger partial charge < -0.3 is 16.0 Å². The lowest BCUT2D eigenvalue weighted by Gasteiger charge is -2.27. The molecule has 0 bridgehead atoms. The van der Waals surface area contributed by atoms with E-state index in [0.29, 0.717) is 10.7 Å². The van der Waals surface area contributed by atoms with E-state index in [4.69, 9.17) is 58.6 Å². The van der Waals surface area contributed by atoms with Crippen molar-refractivity contribution in [2.75, 3.05) is 5.32 Å². The van der Waals surface area contributed by atoms with Crippen LogP contribution in [0.1, 0.15) is 10.4 Å². The second kappa shape index (κ2) is 9.06. The number of hydrogen-bond acceptors (Lipinski definition) is 2. The molecule has 138 valence electrons. The van der Waals surface area contributed by atoms with Crippen molar-refractivity contribution in [3.63, 3.8) is 0 Å². The first-order valence-corrected chi connectivity index (χ1v) is 9.03. The van der Waals surface area contributed by atoms with Gasteiger partial charge in [0.15, 0.2) is 5.11 Å². The van der Waals surface area contributed by atoms with Crippen molar-refractivity contribution in [1.82, 2.24) is 10.6 Å². The summed E-state index contributed by atoms with van der Waals surface area (Å²) in [6.07, 6.45) is -1.14. The molecule has 0 saturated carbocycles. The highest BCUT2D eigenvalue weighted by Crippen LogP contribution is 2.29. The topological polar surface area (TPSA) is 53.2 Å². The molecule has 1 amide bonds. The zero-order valence-corrected chi connectivity index (χ0v) is 16.7. The Labute approximate surface area is 174 Å². The van der Waals surface area contributed by atoms with Crippen LogP contribution in [0.3, 0.4) is 0 Å². The van der Waals surface area contributed by atoms with E-state index in [0.717, 1.165) is 12.1 Å². The minimum absolute atomic E-state index is 0.114. The predicted octanol–water partition coefficient (Wildman–Crippen LogP) is 4.89. The fourth-order valence-corrected chi connectivity index (χ4v) is 2.54. The molecule has 0 spiro atoms. The van der Waals surface area contributed by atoms with Crippen molar-refractivity contribution in [2.45, 2.75) is 9.96 Å². The largest absolute Gasteiger partial charge is 0.339 e. The highest BCUT2D eigenvalue weighted by Gasteiger charge is 2.34. The normalized spacial score (nSPS) is 12.2.